The molecular formula is C12H14N4O2. The minimum absolute atomic E-state index is 0.0100. The Balaban J connectivity index is 2.32. The highest BCUT2D eigenvalue weighted by Crippen LogP contribution is 2.20. The molecule has 0 aliphatic heterocycles. The van der Waals surface area contributed by atoms with Crippen LogP contribution in [0.25, 0.3) is 11.4 Å². The Morgan fingerprint density at radius 2 is 2.06 bits per heavy atom. The molecule has 1 atom stereocenters. The molecule has 1 N–H and O–H groups in total. The molecule has 0 saturated carbocycles. The third-order valence-electron chi connectivity index (χ3n) is 2.69. The van der Waals surface area contributed by atoms with Crippen LogP contribution in [0.4, 0.5) is 0 Å². The number of hydrogen-bond acceptors (Lipinski definition) is 4. The third kappa shape index (κ3) is 2.53. The molecule has 0 aliphatic carbocycles. The van der Waals surface area contributed by atoms with E-state index in [1.807, 2.05) is 31.2 Å². The molecule has 0 amide bonds. The second-order valence-corrected chi connectivity index (χ2v) is 4.26. The van der Waals surface area contributed by atoms with E-state index >= 15 is 0 Å². The molecule has 1 unspecified atom stereocenters. The van der Waals surface area contributed by atoms with Gasteiger partial charge in [-0.05, 0) is 24.3 Å². The maximum Gasteiger partial charge on any atom is 0.305 e. The van der Waals surface area contributed by atoms with Gasteiger partial charge >= 0.3 is 5.97 Å². The van der Waals surface area contributed by atoms with E-state index in [4.69, 9.17) is 5.11 Å². The summed E-state index contributed by atoms with van der Waals surface area (Å²) in [5, 5.41) is 20.2. The lowest BCUT2D eigenvalue weighted by atomic mass is 10.1. The number of carboxylic acid groups (broad SMARTS) is 1. The summed E-state index contributed by atoms with van der Waals surface area (Å²) < 4.78 is 1.54. The van der Waals surface area contributed by atoms with E-state index in [-0.39, 0.29) is 12.5 Å². The van der Waals surface area contributed by atoms with Crippen molar-refractivity contribution in [3.63, 3.8) is 0 Å². The highest BCUT2D eigenvalue weighted by atomic mass is 16.4. The van der Waals surface area contributed by atoms with Crippen LogP contribution in [0.5, 0.6) is 0 Å². The van der Waals surface area contributed by atoms with Gasteiger partial charge in [0.2, 0.25) is 0 Å². The fourth-order valence-corrected chi connectivity index (χ4v) is 1.72. The molecule has 1 aromatic heterocycles. The Labute approximate surface area is 104 Å². The van der Waals surface area contributed by atoms with Crippen molar-refractivity contribution in [1.82, 2.24) is 20.2 Å². The molecule has 18 heavy (non-hydrogen) atoms. The molecule has 0 saturated heterocycles. The lowest BCUT2D eigenvalue weighted by Gasteiger charge is -2.10. The molecule has 2 aromatic rings. The molecule has 6 nitrogen and oxygen atoms in total. The summed E-state index contributed by atoms with van der Waals surface area (Å²) in [5.74, 6) is -0.281. The number of nitrogens with zero attached hydrogens (tertiary/aromatic N) is 4. The van der Waals surface area contributed by atoms with Gasteiger partial charge in [0.1, 0.15) is 0 Å². The Morgan fingerprint density at radius 3 is 2.67 bits per heavy atom. The monoisotopic (exact) mass is 246 g/mol. The average Bonchev–Trinajstić information content (AvgIpc) is 2.78. The largest absolute Gasteiger partial charge is 0.481 e. The molecule has 2 rings (SSSR count). The van der Waals surface area contributed by atoms with E-state index in [9.17, 15) is 4.79 Å². The van der Waals surface area contributed by atoms with Crippen LogP contribution in [0, 0.1) is 6.92 Å². The van der Waals surface area contributed by atoms with Crippen molar-refractivity contribution in [2.24, 2.45) is 0 Å². The minimum atomic E-state index is -0.868. The minimum Gasteiger partial charge on any atom is -0.481 e. The predicted molar refractivity (Wildman–Crippen MR) is 65.0 cm³/mol. The lowest BCUT2D eigenvalue weighted by molar-refractivity contribution is -0.137. The molecule has 0 fully saturated rings. The molecule has 1 heterocycles. The predicted octanol–water partition coefficient (Wildman–Crippen LogP) is 1.68. The first kappa shape index (κ1) is 12.2. The van der Waals surface area contributed by atoms with Gasteiger partial charge in [-0.1, -0.05) is 29.8 Å². The van der Waals surface area contributed by atoms with Crippen molar-refractivity contribution in [2.75, 3.05) is 0 Å². The smallest absolute Gasteiger partial charge is 0.305 e. The number of aryl methyl sites for hydroxylation is 1. The SMILES string of the molecule is Cc1ccc(-c2nnnn2C(C)CC(=O)O)cc1. The zero-order chi connectivity index (χ0) is 13.1. The number of aliphatic carboxylic acids is 1. The van der Waals surface area contributed by atoms with Gasteiger partial charge in [-0.2, -0.15) is 0 Å². The van der Waals surface area contributed by atoms with Crippen molar-refractivity contribution >= 4 is 5.97 Å². The second-order valence-electron chi connectivity index (χ2n) is 4.26. The molecule has 6 heteroatoms. The van der Waals surface area contributed by atoms with E-state index < -0.39 is 5.97 Å². The van der Waals surface area contributed by atoms with Crippen LogP contribution >= 0.6 is 0 Å². The van der Waals surface area contributed by atoms with Gasteiger partial charge in [-0.15, -0.1) is 5.10 Å². The summed E-state index contributed by atoms with van der Waals surface area (Å²) in [6.07, 6.45) is -0.0100. The second kappa shape index (κ2) is 4.95. The average molecular weight is 246 g/mol. The molecule has 0 bridgehead atoms. The zero-order valence-electron chi connectivity index (χ0n) is 10.2. The van der Waals surface area contributed by atoms with Crippen molar-refractivity contribution in [2.45, 2.75) is 26.3 Å². The summed E-state index contributed by atoms with van der Waals surface area (Å²) in [6.45, 7) is 3.78. The fraction of sp³-hybridized carbons (Fsp3) is 0.333. The highest BCUT2D eigenvalue weighted by molar-refractivity contribution is 5.67. The summed E-state index contributed by atoms with van der Waals surface area (Å²) in [7, 11) is 0. The zero-order valence-corrected chi connectivity index (χ0v) is 10.2. The third-order valence-corrected chi connectivity index (χ3v) is 2.69. The quantitative estimate of drug-likeness (QED) is 0.887. The maximum atomic E-state index is 10.7. The van der Waals surface area contributed by atoms with E-state index in [1.165, 1.54) is 0 Å². The first-order valence-corrected chi connectivity index (χ1v) is 5.64. The van der Waals surface area contributed by atoms with Crippen LogP contribution in [0.15, 0.2) is 24.3 Å². The molecule has 1 aromatic carbocycles. The molecular weight excluding hydrogens is 232 g/mol. The summed E-state index contributed by atoms with van der Waals surface area (Å²) in [6, 6.07) is 7.50. The Morgan fingerprint density at radius 1 is 1.39 bits per heavy atom. The fourth-order valence-electron chi connectivity index (χ4n) is 1.72. The van der Waals surface area contributed by atoms with Gasteiger partial charge in [0, 0.05) is 5.56 Å². The highest BCUT2D eigenvalue weighted by Gasteiger charge is 2.16. The molecule has 0 spiro atoms. The number of tetrazole rings is 1. The summed E-state index contributed by atoms with van der Waals surface area (Å²) in [5.41, 5.74) is 2.03. The van der Waals surface area contributed by atoms with Crippen LogP contribution < -0.4 is 0 Å². The standard InChI is InChI=1S/C12H14N4O2/c1-8-3-5-10(6-4-8)12-13-14-15-16(12)9(2)7-11(17)18/h3-6,9H,7H2,1-2H3,(H,17,18). The number of carboxylic acids is 1. The number of benzene rings is 1. The number of carbonyl (C=O) groups is 1. The van der Waals surface area contributed by atoms with Crippen LogP contribution in [-0.2, 0) is 4.79 Å². The van der Waals surface area contributed by atoms with Crippen molar-refractivity contribution in [3.8, 4) is 11.4 Å². The topological polar surface area (TPSA) is 80.9 Å². The Kier molecular flexibility index (Phi) is 3.36. The normalized spacial score (nSPS) is 12.3. The van der Waals surface area contributed by atoms with Gasteiger partial charge in [0.15, 0.2) is 5.82 Å². The summed E-state index contributed by atoms with van der Waals surface area (Å²) in [4.78, 5) is 10.7. The molecule has 94 valence electrons. The first-order chi connectivity index (χ1) is 8.58. The molecule has 0 radical (unpaired) electrons. The van der Waals surface area contributed by atoms with Crippen LogP contribution in [-0.4, -0.2) is 31.3 Å². The number of aromatic nitrogens is 4. The first-order valence-electron chi connectivity index (χ1n) is 5.64. The van der Waals surface area contributed by atoms with E-state index in [2.05, 4.69) is 15.5 Å². The van der Waals surface area contributed by atoms with E-state index in [0.29, 0.717) is 5.82 Å². The van der Waals surface area contributed by atoms with Gasteiger partial charge < -0.3 is 5.11 Å². The van der Waals surface area contributed by atoms with Crippen molar-refractivity contribution in [1.29, 1.82) is 0 Å². The Hall–Kier alpha value is -2.24. The van der Waals surface area contributed by atoms with Crippen LogP contribution in [0.1, 0.15) is 24.9 Å². The lowest BCUT2D eigenvalue weighted by Crippen LogP contribution is -2.13. The van der Waals surface area contributed by atoms with Crippen molar-refractivity contribution < 1.29 is 9.90 Å². The van der Waals surface area contributed by atoms with Gasteiger partial charge in [0.05, 0.1) is 12.5 Å². The van der Waals surface area contributed by atoms with Crippen LogP contribution in [0.2, 0.25) is 0 Å². The summed E-state index contributed by atoms with van der Waals surface area (Å²) >= 11 is 0. The number of rotatable bonds is 4. The van der Waals surface area contributed by atoms with Gasteiger partial charge in [-0.3, -0.25) is 4.79 Å². The maximum absolute atomic E-state index is 10.7. The Bertz CT molecular complexity index is 547. The molecule has 0 aliphatic rings. The van der Waals surface area contributed by atoms with Crippen molar-refractivity contribution in [3.05, 3.63) is 29.8 Å². The van der Waals surface area contributed by atoms with E-state index in [0.717, 1.165) is 11.1 Å². The number of hydrogen-bond donors (Lipinski definition) is 1. The van der Waals surface area contributed by atoms with Gasteiger partial charge in [0.25, 0.3) is 0 Å². The van der Waals surface area contributed by atoms with E-state index in [1.54, 1.807) is 11.6 Å². The van der Waals surface area contributed by atoms with Gasteiger partial charge in [-0.25, -0.2) is 4.68 Å². The van der Waals surface area contributed by atoms with Crippen LogP contribution in [0.3, 0.4) is 0 Å².